The number of halogens is 3. The number of ether oxygens (including phenoxy) is 1. The molecule has 1 aliphatic heterocycles. The first-order valence-electron chi connectivity index (χ1n) is 9.91. The first-order chi connectivity index (χ1) is 15.4. The van der Waals surface area contributed by atoms with Crippen LogP contribution < -0.4 is 4.74 Å². The van der Waals surface area contributed by atoms with Crippen LogP contribution in [0.5, 0.6) is 5.75 Å². The molecule has 3 aromatic rings. The lowest BCUT2D eigenvalue weighted by Gasteiger charge is -2.34. The third-order valence-electron chi connectivity index (χ3n) is 5.14. The van der Waals surface area contributed by atoms with Gasteiger partial charge in [-0.3, -0.25) is 9.59 Å². The van der Waals surface area contributed by atoms with Crippen molar-refractivity contribution in [3.05, 3.63) is 76.9 Å². The largest absolute Gasteiger partial charge is 0.434 e. The molecule has 0 N–H and O–H groups in total. The summed E-state index contributed by atoms with van der Waals surface area (Å²) in [5.74, 6) is -1.14. The molecule has 1 aliphatic rings. The van der Waals surface area contributed by atoms with Gasteiger partial charge in [-0.15, -0.1) is 11.3 Å². The Kier molecular flexibility index (Phi) is 6.45. The van der Waals surface area contributed by atoms with Crippen LogP contribution in [0.4, 0.5) is 13.2 Å². The van der Waals surface area contributed by atoms with Gasteiger partial charge in [0.25, 0.3) is 11.8 Å². The zero-order chi connectivity index (χ0) is 22.7. The molecule has 2 aromatic carbocycles. The fourth-order valence-corrected chi connectivity index (χ4v) is 4.54. The normalized spacial score (nSPS) is 14.0. The van der Waals surface area contributed by atoms with Gasteiger partial charge < -0.3 is 14.5 Å². The highest BCUT2D eigenvalue weighted by atomic mass is 32.1. The first-order valence-corrected chi connectivity index (χ1v) is 10.7. The molecule has 0 bridgehead atoms. The molecule has 5 nitrogen and oxygen atoms in total. The van der Waals surface area contributed by atoms with Gasteiger partial charge in [0.1, 0.15) is 11.6 Å². The van der Waals surface area contributed by atoms with Crippen LogP contribution in [0.3, 0.4) is 0 Å². The molecule has 166 valence electrons. The van der Waals surface area contributed by atoms with E-state index in [9.17, 15) is 22.8 Å². The summed E-state index contributed by atoms with van der Waals surface area (Å²) in [4.78, 5) is 30.0. The third kappa shape index (κ3) is 4.62. The van der Waals surface area contributed by atoms with Crippen molar-refractivity contribution in [3.8, 4) is 16.2 Å². The number of rotatable bonds is 5. The van der Waals surface area contributed by atoms with E-state index in [1.54, 1.807) is 41.3 Å². The average Bonchev–Trinajstić information content (AvgIpc) is 3.28. The number of thiophene rings is 1. The van der Waals surface area contributed by atoms with Crippen molar-refractivity contribution in [2.75, 3.05) is 26.2 Å². The molecule has 9 heteroatoms. The zero-order valence-corrected chi connectivity index (χ0v) is 17.7. The summed E-state index contributed by atoms with van der Waals surface area (Å²) >= 11 is 1.21. The maximum Gasteiger partial charge on any atom is 0.387 e. The molecule has 0 saturated carbocycles. The molecular weight excluding hydrogens is 441 g/mol. The number of hydrogen-bond donors (Lipinski definition) is 0. The molecule has 1 saturated heterocycles. The van der Waals surface area contributed by atoms with Crippen molar-refractivity contribution in [2.45, 2.75) is 6.61 Å². The van der Waals surface area contributed by atoms with Crippen molar-refractivity contribution in [1.29, 1.82) is 0 Å². The van der Waals surface area contributed by atoms with Gasteiger partial charge >= 0.3 is 6.61 Å². The Morgan fingerprint density at radius 1 is 0.844 bits per heavy atom. The van der Waals surface area contributed by atoms with Crippen LogP contribution in [0.1, 0.15) is 20.0 Å². The Labute approximate surface area is 186 Å². The van der Waals surface area contributed by atoms with E-state index >= 15 is 0 Å². The fraction of sp³-hybridized carbons (Fsp3) is 0.217. The topological polar surface area (TPSA) is 49.9 Å². The molecule has 1 fully saturated rings. The summed E-state index contributed by atoms with van der Waals surface area (Å²) in [7, 11) is 0. The van der Waals surface area contributed by atoms with E-state index in [1.807, 2.05) is 0 Å². The molecule has 0 aliphatic carbocycles. The Balaban J connectivity index is 1.41. The van der Waals surface area contributed by atoms with Crippen LogP contribution in [-0.4, -0.2) is 54.4 Å². The molecular formula is C23H19F3N2O3S. The van der Waals surface area contributed by atoms with Crippen LogP contribution in [-0.2, 0) is 0 Å². The van der Waals surface area contributed by atoms with Gasteiger partial charge in [0.2, 0.25) is 0 Å². The summed E-state index contributed by atoms with van der Waals surface area (Å²) in [5, 5.41) is 0. The van der Waals surface area contributed by atoms with E-state index in [0.29, 0.717) is 28.4 Å². The summed E-state index contributed by atoms with van der Waals surface area (Å²) in [6.07, 6.45) is 0. The number of alkyl halides is 2. The van der Waals surface area contributed by atoms with Crippen LogP contribution in [0, 0.1) is 5.82 Å². The second kappa shape index (κ2) is 9.44. The van der Waals surface area contributed by atoms with E-state index in [4.69, 9.17) is 0 Å². The van der Waals surface area contributed by atoms with Crippen molar-refractivity contribution in [3.63, 3.8) is 0 Å². The minimum absolute atomic E-state index is 0.0559. The summed E-state index contributed by atoms with van der Waals surface area (Å²) in [6, 6.07) is 15.6. The Hall–Kier alpha value is -3.33. The van der Waals surface area contributed by atoms with E-state index in [2.05, 4.69) is 4.74 Å². The molecule has 4 rings (SSSR count). The summed E-state index contributed by atoms with van der Waals surface area (Å²) in [6.45, 7) is -1.90. The minimum Gasteiger partial charge on any atom is -0.434 e. The van der Waals surface area contributed by atoms with Crippen LogP contribution in [0.2, 0.25) is 0 Å². The van der Waals surface area contributed by atoms with E-state index in [-0.39, 0.29) is 36.1 Å². The van der Waals surface area contributed by atoms with Crippen LogP contribution in [0.15, 0.2) is 60.7 Å². The van der Waals surface area contributed by atoms with Crippen molar-refractivity contribution in [1.82, 2.24) is 9.80 Å². The minimum atomic E-state index is -3.03. The lowest BCUT2D eigenvalue weighted by Crippen LogP contribution is -2.50. The van der Waals surface area contributed by atoms with Gasteiger partial charge in [-0.2, -0.15) is 8.78 Å². The maximum atomic E-state index is 14.0. The molecule has 2 amide bonds. The average molecular weight is 460 g/mol. The molecule has 0 spiro atoms. The number of nitrogens with zero attached hydrogens (tertiary/aromatic N) is 2. The second-order valence-corrected chi connectivity index (χ2v) is 8.19. The quantitative estimate of drug-likeness (QED) is 0.552. The Morgan fingerprint density at radius 2 is 1.47 bits per heavy atom. The van der Waals surface area contributed by atoms with E-state index in [0.717, 1.165) is 0 Å². The van der Waals surface area contributed by atoms with Gasteiger partial charge in [-0.1, -0.05) is 30.3 Å². The predicted octanol–water partition coefficient (Wildman–Crippen LogP) is 4.75. The fourth-order valence-electron chi connectivity index (χ4n) is 3.54. The lowest BCUT2D eigenvalue weighted by atomic mass is 10.1. The Bertz CT molecular complexity index is 1130. The van der Waals surface area contributed by atoms with Gasteiger partial charge in [0.05, 0.1) is 10.4 Å². The predicted molar refractivity (Wildman–Crippen MR) is 115 cm³/mol. The summed E-state index contributed by atoms with van der Waals surface area (Å²) < 4.78 is 43.7. The third-order valence-corrected chi connectivity index (χ3v) is 6.25. The number of carbonyl (C=O) groups excluding carboxylic acids is 2. The smallest absolute Gasteiger partial charge is 0.387 e. The molecule has 2 heterocycles. The van der Waals surface area contributed by atoms with Crippen LogP contribution >= 0.6 is 11.3 Å². The van der Waals surface area contributed by atoms with Gasteiger partial charge in [0.15, 0.2) is 0 Å². The molecule has 0 atom stereocenters. The van der Waals surface area contributed by atoms with Gasteiger partial charge in [0, 0.05) is 36.6 Å². The molecule has 0 radical (unpaired) electrons. The van der Waals surface area contributed by atoms with Crippen molar-refractivity contribution in [2.24, 2.45) is 0 Å². The second-order valence-electron chi connectivity index (χ2n) is 7.10. The summed E-state index contributed by atoms with van der Waals surface area (Å²) in [5.41, 5.74) is 0.497. The standard InChI is InChI=1S/C23H19F3N2O3S/c24-17-7-3-1-5-15(17)19-9-10-20(32-19)22(30)28-13-11-27(12-14-28)21(29)16-6-2-4-8-18(16)31-23(25)26/h1-10,23H,11-14H2. The number of amides is 2. The Morgan fingerprint density at radius 3 is 2.16 bits per heavy atom. The molecule has 0 unspecified atom stereocenters. The van der Waals surface area contributed by atoms with Crippen molar-refractivity contribution >= 4 is 23.2 Å². The number of carbonyl (C=O) groups is 2. The van der Waals surface area contributed by atoms with Gasteiger partial charge in [-0.25, -0.2) is 4.39 Å². The zero-order valence-electron chi connectivity index (χ0n) is 16.8. The number of piperazine rings is 1. The highest BCUT2D eigenvalue weighted by molar-refractivity contribution is 7.17. The lowest BCUT2D eigenvalue weighted by molar-refractivity contribution is -0.0503. The van der Waals surface area contributed by atoms with E-state index < -0.39 is 12.5 Å². The monoisotopic (exact) mass is 460 g/mol. The maximum absolute atomic E-state index is 14.0. The highest BCUT2D eigenvalue weighted by Crippen LogP contribution is 2.31. The van der Waals surface area contributed by atoms with Crippen LogP contribution in [0.25, 0.3) is 10.4 Å². The number of hydrogen-bond acceptors (Lipinski definition) is 4. The molecule has 32 heavy (non-hydrogen) atoms. The van der Waals surface area contributed by atoms with Crippen molar-refractivity contribution < 1.29 is 27.5 Å². The SMILES string of the molecule is O=C(c1ccc(-c2ccccc2F)s1)N1CCN(C(=O)c2ccccc2OC(F)F)CC1. The first kappa shape index (κ1) is 21.9. The van der Waals surface area contributed by atoms with E-state index in [1.165, 1.54) is 40.5 Å². The highest BCUT2D eigenvalue weighted by Gasteiger charge is 2.28. The number of benzene rings is 2. The number of para-hydroxylation sites is 1. The molecule has 1 aromatic heterocycles. The van der Waals surface area contributed by atoms with Gasteiger partial charge in [-0.05, 0) is 30.3 Å².